The second-order valence-corrected chi connectivity index (χ2v) is 10.5. The Hall–Kier alpha value is -5.37. The molecular formula is C35H31N3O5. The monoisotopic (exact) mass is 573 g/mol. The molecule has 43 heavy (non-hydrogen) atoms. The zero-order chi connectivity index (χ0) is 30.2. The molecule has 2 amide bonds. The first-order valence-corrected chi connectivity index (χ1v) is 14.1. The van der Waals surface area contributed by atoms with Gasteiger partial charge in [0.05, 0.1) is 28.0 Å². The van der Waals surface area contributed by atoms with Crippen LogP contribution in [-0.2, 0) is 22.7 Å². The molecule has 0 spiro atoms. The lowest BCUT2D eigenvalue weighted by molar-refractivity contribution is -0.384. The molecule has 2 atom stereocenters. The maximum atomic E-state index is 14.1. The Morgan fingerprint density at radius 1 is 0.744 bits per heavy atom. The van der Waals surface area contributed by atoms with E-state index in [1.165, 1.54) is 18.2 Å². The molecule has 216 valence electrons. The third kappa shape index (κ3) is 7.11. The number of anilines is 1. The number of ketones is 1. The Balaban J connectivity index is 1.42. The highest BCUT2D eigenvalue weighted by atomic mass is 16.6. The van der Waals surface area contributed by atoms with E-state index >= 15 is 0 Å². The highest BCUT2D eigenvalue weighted by molar-refractivity contribution is 6.14. The van der Waals surface area contributed by atoms with Gasteiger partial charge in [0.25, 0.3) is 5.69 Å². The molecule has 4 aromatic carbocycles. The molecule has 0 bridgehead atoms. The number of carbonyl (C=O) groups is 3. The van der Waals surface area contributed by atoms with Gasteiger partial charge in [0.1, 0.15) is 0 Å². The Labute approximate surface area is 249 Å². The third-order valence-electron chi connectivity index (χ3n) is 7.58. The Morgan fingerprint density at radius 3 is 1.84 bits per heavy atom. The van der Waals surface area contributed by atoms with Gasteiger partial charge in [-0.3, -0.25) is 24.5 Å². The normalized spacial score (nSPS) is 15.8. The highest BCUT2D eigenvalue weighted by Gasteiger charge is 2.37. The number of amides is 2. The van der Waals surface area contributed by atoms with Gasteiger partial charge >= 0.3 is 0 Å². The minimum absolute atomic E-state index is 0.0118. The predicted octanol–water partition coefficient (Wildman–Crippen LogP) is 6.58. The van der Waals surface area contributed by atoms with E-state index < -0.39 is 28.4 Å². The second kappa shape index (κ2) is 13.5. The van der Waals surface area contributed by atoms with Crippen LogP contribution in [0.1, 0.15) is 39.9 Å². The summed E-state index contributed by atoms with van der Waals surface area (Å²) in [6, 6.07) is 31.6. The number of nitro groups is 1. The minimum Gasteiger partial charge on any atom is -0.334 e. The molecule has 8 nitrogen and oxygen atoms in total. The van der Waals surface area contributed by atoms with E-state index in [0.29, 0.717) is 31.5 Å². The van der Waals surface area contributed by atoms with Gasteiger partial charge in [-0.2, -0.15) is 0 Å². The third-order valence-corrected chi connectivity index (χ3v) is 7.58. The van der Waals surface area contributed by atoms with Crippen LogP contribution in [0.25, 0.3) is 0 Å². The van der Waals surface area contributed by atoms with Crippen molar-refractivity contribution in [2.45, 2.75) is 25.9 Å². The first-order chi connectivity index (χ1) is 20.9. The van der Waals surface area contributed by atoms with Crippen molar-refractivity contribution in [3.05, 3.63) is 154 Å². The van der Waals surface area contributed by atoms with Crippen molar-refractivity contribution in [3.63, 3.8) is 0 Å². The van der Waals surface area contributed by atoms with E-state index in [4.69, 9.17) is 0 Å². The van der Waals surface area contributed by atoms with Crippen LogP contribution in [0.4, 0.5) is 11.4 Å². The van der Waals surface area contributed by atoms with Gasteiger partial charge in [0.2, 0.25) is 11.8 Å². The van der Waals surface area contributed by atoms with Crippen molar-refractivity contribution in [2.75, 3.05) is 5.32 Å². The Kier molecular flexibility index (Phi) is 9.17. The summed E-state index contributed by atoms with van der Waals surface area (Å²) in [5, 5.41) is 14.3. The fourth-order valence-corrected chi connectivity index (χ4v) is 5.34. The highest BCUT2D eigenvalue weighted by Crippen LogP contribution is 2.32. The van der Waals surface area contributed by atoms with Crippen LogP contribution in [0.5, 0.6) is 0 Å². The standard InChI is InChI=1S/C35H31N3O5/c39-33(27-16-8-3-9-17-27)31-22-28(38(42)43)20-21-32(31)36-34(40)29-18-10-11-19-30(29)35(41)37(23-25-12-4-1-5-13-25)24-26-14-6-2-7-15-26/h1-17,20-22,29-30H,18-19,23-24H2,(H,36,40). The lowest BCUT2D eigenvalue weighted by Gasteiger charge is -2.32. The van der Waals surface area contributed by atoms with E-state index in [-0.39, 0.29) is 22.8 Å². The smallest absolute Gasteiger partial charge is 0.270 e. The van der Waals surface area contributed by atoms with E-state index in [0.717, 1.165) is 11.1 Å². The minimum atomic E-state index is -0.693. The van der Waals surface area contributed by atoms with Crippen LogP contribution < -0.4 is 5.32 Å². The molecule has 5 rings (SSSR count). The van der Waals surface area contributed by atoms with Gasteiger partial charge < -0.3 is 10.2 Å². The molecule has 2 unspecified atom stereocenters. The molecule has 1 aliphatic carbocycles. The zero-order valence-corrected chi connectivity index (χ0v) is 23.5. The Bertz CT molecular complexity index is 1600. The molecule has 0 aromatic heterocycles. The van der Waals surface area contributed by atoms with Gasteiger partial charge in [-0.05, 0) is 30.0 Å². The van der Waals surface area contributed by atoms with Crippen molar-refractivity contribution in [2.24, 2.45) is 11.8 Å². The quantitative estimate of drug-likeness (QED) is 0.0998. The van der Waals surface area contributed by atoms with Crippen LogP contribution in [0.3, 0.4) is 0 Å². The molecule has 0 saturated heterocycles. The van der Waals surface area contributed by atoms with Crippen LogP contribution in [-0.4, -0.2) is 27.4 Å². The number of carbonyl (C=O) groups excluding carboxylic acids is 3. The molecule has 1 aliphatic rings. The van der Waals surface area contributed by atoms with Gasteiger partial charge in [0, 0.05) is 30.8 Å². The van der Waals surface area contributed by atoms with E-state index in [1.54, 1.807) is 35.2 Å². The van der Waals surface area contributed by atoms with Crippen LogP contribution in [0, 0.1) is 22.0 Å². The number of non-ortho nitro benzene ring substituents is 1. The second-order valence-electron chi connectivity index (χ2n) is 10.5. The zero-order valence-electron chi connectivity index (χ0n) is 23.5. The molecule has 4 aromatic rings. The molecular weight excluding hydrogens is 542 g/mol. The number of hydrogen-bond acceptors (Lipinski definition) is 5. The summed E-state index contributed by atoms with van der Waals surface area (Å²) in [6.07, 6.45) is 4.55. The SMILES string of the molecule is O=C(c1ccccc1)c1cc([N+](=O)[O-])ccc1NC(=O)C1CC=CCC1C(=O)N(Cc1ccccc1)Cc1ccccc1. The summed E-state index contributed by atoms with van der Waals surface area (Å²) < 4.78 is 0. The van der Waals surface area contributed by atoms with Gasteiger partial charge in [-0.15, -0.1) is 0 Å². The summed E-state index contributed by atoms with van der Waals surface area (Å²) >= 11 is 0. The molecule has 8 heteroatoms. The fourth-order valence-electron chi connectivity index (χ4n) is 5.34. The summed E-state index contributed by atoms with van der Waals surface area (Å²) in [5.74, 6) is -2.32. The molecule has 0 aliphatic heterocycles. The first-order valence-electron chi connectivity index (χ1n) is 14.1. The molecule has 0 fully saturated rings. The largest absolute Gasteiger partial charge is 0.334 e. The van der Waals surface area contributed by atoms with Crippen molar-refractivity contribution < 1.29 is 19.3 Å². The van der Waals surface area contributed by atoms with Gasteiger partial charge in [-0.1, -0.05) is 103 Å². The van der Waals surface area contributed by atoms with Crippen molar-refractivity contribution in [3.8, 4) is 0 Å². The number of rotatable bonds is 10. The number of allylic oxidation sites excluding steroid dienone is 2. The summed E-state index contributed by atoms with van der Waals surface area (Å²) in [4.78, 5) is 54.0. The number of nitrogens with one attached hydrogen (secondary N) is 1. The lowest BCUT2D eigenvalue weighted by atomic mass is 9.81. The van der Waals surface area contributed by atoms with Crippen LogP contribution in [0.15, 0.2) is 121 Å². The van der Waals surface area contributed by atoms with E-state index in [2.05, 4.69) is 5.32 Å². The van der Waals surface area contributed by atoms with Gasteiger partial charge in [-0.25, -0.2) is 0 Å². The number of nitrogens with zero attached hydrogens (tertiary/aromatic N) is 2. The maximum Gasteiger partial charge on any atom is 0.270 e. The molecule has 1 N–H and O–H groups in total. The lowest BCUT2D eigenvalue weighted by Crippen LogP contribution is -2.42. The van der Waals surface area contributed by atoms with Crippen LogP contribution in [0.2, 0.25) is 0 Å². The summed E-state index contributed by atoms with van der Waals surface area (Å²) in [7, 11) is 0. The fraction of sp³-hybridized carbons (Fsp3) is 0.171. The maximum absolute atomic E-state index is 14.1. The predicted molar refractivity (Wildman–Crippen MR) is 164 cm³/mol. The first kappa shape index (κ1) is 29.1. The van der Waals surface area contributed by atoms with E-state index in [1.807, 2.05) is 72.8 Å². The molecule has 0 heterocycles. The van der Waals surface area contributed by atoms with Crippen LogP contribution >= 0.6 is 0 Å². The van der Waals surface area contributed by atoms with Gasteiger partial charge in [0.15, 0.2) is 5.78 Å². The Morgan fingerprint density at radius 2 is 1.28 bits per heavy atom. The van der Waals surface area contributed by atoms with E-state index in [9.17, 15) is 24.5 Å². The number of benzene rings is 4. The molecule has 0 radical (unpaired) electrons. The van der Waals surface area contributed by atoms with Crippen molar-refractivity contribution in [1.82, 2.24) is 4.90 Å². The summed E-state index contributed by atoms with van der Waals surface area (Å²) in [5.41, 5.74) is 2.21. The average molecular weight is 574 g/mol. The average Bonchev–Trinajstić information content (AvgIpc) is 3.05. The van der Waals surface area contributed by atoms with Crippen molar-refractivity contribution in [1.29, 1.82) is 0 Å². The van der Waals surface area contributed by atoms with Crippen molar-refractivity contribution >= 4 is 29.0 Å². The number of hydrogen-bond donors (Lipinski definition) is 1. The topological polar surface area (TPSA) is 110 Å². The molecule has 0 saturated carbocycles. The summed E-state index contributed by atoms with van der Waals surface area (Å²) in [6.45, 7) is 0.780. The number of nitro benzene ring substituents is 1.